The number of nitrogens with two attached hydrogens (primary N) is 1. The van der Waals surface area contributed by atoms with Gasteiger partial charge in [-0.1, -0.05) is 19.9 Å². The molecule has 0 spiro atoms. The van der Waals surface area contributed by atoms with Crippen molar-refractivity contribution in [2.24, 2.45) is 11.1 Å². The highest BCUT2D eigenvalue weighted by Crippen LogP contribution is 2.46. The number of allylic oxidation sites excluding steroid dienone is 2. The van der Waals surface area contributed by atoms with Crippen LogP contribution in [0.4, 0.5) is 0 Å². The van der Waals surface area contributed by atoms with Crippen LogP contribution in [0, 0.1) is 5.41 Å². The van der Waals surface area contributed by atoms with E-state index in [9.17, 15) is 14.4 Å². The number of carbonyl (C=O) groups excluding carboxylic acids is 2. The Morgan fingerprint density at radius 1 is 1.30 bits per heavy atom. The number of ketones is 1. The minimum atomic E-state index is -0.815. The van der Waals surface area contributed by atoms with Gasteiger partial charge in [-0.15, -0.1) is 0 Å². The molecule has 0 bridgehead atoms. The molecule has 162 valence electrons. The van der Waals surface area contributed by atoms with Crippen LogP contribution in [0.25, 0.3) is 0 Å². The van der Waals surface area contributed by atoms with E-state index in [1.54, 1.807) is 19.1 Å². The molecular weight excluding hydrogens is 386 g/mol. The molecule has 1 aliphatic heterocycles. The van der Waals surface area contributed by atoms with Crippen molar-refractivity contribution in [2.75, 3.05) is 26.4 Å². The third kappa shape index (κ3) is 4.39. The standard InChI is InChI=1S/C22H29N3O5/c1-4-30-21(28)19-15(12-29-9-7-23)25-14-10-22(2,3)11-16(26)18(14)17(19)13-6-5-8-24-20(13)27/h5-6,8,17,25H,4,7,9-12,23H2,1-3H3,(H,24,27). The molecule has 1 unspecified atom stereocenters. The molecular formula is C22H29N3O5. The summed E-state index contributed by atoms with van der Waals surface area (Å²) >= 11 is 0. The molecule has 8 nitrogen and oxygen atoms in total. The molecule has 30 heavy (non-hydrogen) atoms. The van der Waals surface area contributed by atoms with Crippen molar-refractivity contribution in [3.63, 3.8) is 0 Å². The molecule has 0 amide bonds. The summed E-state index contributed by atoms with van der Waals surface area (Å²) in [6.07, 6.45) is 2.47. The highest BCUT2D eigenvalue weighted by atomic mass is 16.5. The number of carbonyl (C=O) groups is 2. The van der Waals surface area contributed by atoms with Gasteiger partial charge in [-0.2, -0.15) is 0 Å². The van der Waals surface area contributed by atoms with E-state index < -0.39 is 11.9 Å². The third-order valence-corrected chi connectivity index (χ3v) is 5.29. The van der Waals surface area contributed by atoms with E-state index in [0.717, 1.165) is 5.70 Å². The first-order chi connectivity index (χ1) is 14.3. The normalized spacial score (nSPS) is 20.7. The first-order valence-corrected chi connectivity index (χ1v) is 10.2. The summed E-state index contributed by atoms with van der Waals surface area (Å²) in [5, 5.41) is 3.27. The lowest BCUT2D eigenvalue weighted by Crippen LogP contribution is -2.41. The van der Waals surface area contributed by atoms with Gasteiger partial charge in [0, 0.05) is 36.0 Å². The van der Waals surface area contributed by atoms with Crippen LogP contribution in [0.1, 0.15) is 45.1 Å². The van der Waals surface area contributed by atoms with E-state index in [1.165, 1.54) is 6.20 Å². The monoisotopic (exact) mass is 415 g/mol. The van der Waals surface area contributed by atoms with Gasteiger partial charge < -0.3 is 25.5 Å². The topological polar surface area (TPSA) is 124 Å². The Hall–Kier alpha value is -2.71. The molecule has 1 aliphatic carbocycles. The summed E-state index contributed by atoms with van der Waals surface area (Å²) < 4.78 is 10.9. The molecule has 1 aromatic rings. The number of esters is 1. The predicted octanol–water partition coefficient (Wildman–Crippen LogP) is 1.50. The van der Waals surface area contributed by atoms with Crippen molar-refractivity contribution in [2.45, 2.75) is 39.5 Å². The maximum atomic E-state index is 13.2. The maximum absolute atomic E-state index is 13.2. The van der Waals surface area contributed by atoms with Crippen LogP contribution in [-0.4, -0.2) is 43.1 Å². The molecule has 0 aromatic carbocycles. The molecule has 0 fully saturated rings. The number of nitrogens with one attached hydrogen (secondary N) is 2. The Bertz CT molecular complexity index is 958. The Labute approximate surface area is 175 Å². The van der Waals surface area contributed by atoms with Crippen LogP contribution in [0.2, 0.25) is 0 Å². The highest BCUT2D eigenvalue weighted by Gasteiger charge is 2.44. The second-order valence-corrected chi connectivity index (χ2v) is 8.30. The van der Waals surface area contributed by atoms with E-state index in [0.29, 0.717) is 42.8 Å². The molecule has 8 heteroatoms. The zero-order valence-electron chi connectivity index (χ0n) is 17.7. The van der Waals surface area contributed by atoms with E-state index >= 15 is 0 Å². The lowest BCUT2D eigenvalue weighted by atomic mass is 9.68. The second-order valence-electron chi connectivity index (χ2n) is 8.30. The van der Waals surface area contributed by atoms with E-state index in [-0.39, 0.29) is 35.5 Å². The van der Waals surface area contributed by atoms with Crippen LogP contribution >= 0.6 is 0 Å². The minimum Gasteiger partial charge on any atom is -0.463 e. The molecule has 3 rings (SSSR count). The van der Waals surface area contributed by atoms with E-state index in [2.05, 4.69) is 10.3 Å². The van der Waals surface area contributed by atoms with E-state index in [4.69, 9.17) is 15.2 Å². The number of ether oxygens (including phenoxy) is 2. The van der Waals surface area contributed by atoms with Gasteiger partial charge in [0.05, 0.1) is 37.0 Å². The zero-order chi connectivity index (χ0) is 21.9. The van der Waals surface area contributed by atoms with Crippen molar-refractivity contribution in [3.05, 3.63) is 56.8 Å². The largest absolute Gasteiger partial charge is 0.463 e. The fraction of sp³-hybridized carbons (Fsp3) is 0.500. The Morgan fingerprint density at radius 2 is 2.07 bits per heavy atom. The molecule has 4 N–H and O–H groups in total. The summed E-state index contributed by atoms with van der Waals surface area (Å²) in [6, 6.07) is 3.33. The van der Waals surface area contributed by atoms with Gasteiger partial charge in [0.1, 0.15) is 0 Å². The number of Topliss-reactive ketones (excluding diaryl/α,β-unsaturated/α-hetero) is 1. The average molecular weight is 415 g/mol. The lowest BCUT2D eigenvalue weighted by Gasteiger charge is -2.39. The second kappa shape index (κ2) is 8.97. The molecule has 1 aromatic heterocycles. The SMILES string of the molecule is CCOC(=O)C1=C(COCCN)NC2=C(C(=O)CC(C)(C)C2)C1c1ccc[nH]c1=O. The summed E-state index contributed by atoms with van der Waals surface area (Å²) in [6.45, 7) is 6.67. The first kappa shape index (κ1) is 22.0. The number of aromatic nitrogens is 1. The van der Waals surface area contributed by atoms with Gasteiger partial charge in [-0.05, 0) is 24.8 Å². The number of H-pyrrole nitrogens is 1. The third-order valence-electron chi connectivity index (χ3n) is 5.29. The summed E-state index contributed by atoms with van der Waals surface area (Å²) in [5.41, 5.74) is 7.19. The van der Waals surface area contributed by atoms with Crippen LogP contribution < -0.4 is 16.6 Å². The van der Waals surface area contributed by atoms with Crippen molar-refractivity contribution < 1.29 is 19.1 Å². The molecule has 0 saturated carbocycles. The number of dihydropyridines is 1. The van der Waals surface area contributed by atoms with Crippen molar-refractivity contribution >= 4 is 11.8 Å². The van der Waals surface area contributed by atoms with Gasteiger partial charge in [-0.3, -0.25) is 9.59 Å². The molecule has 0 radical (unpaired) electrons. The van der Waals surface area contributed by atoms with E-state index in [1.807, 2.05) is 13.8 Å². The maximum Gasteiger partial charge on any atom is 0.336 e. The number of hydrogen-bond donors (Lipinski definition) is 3. The highest BCUT2D eigenvalue weighted by molar-refractivity contribution is 6.04. The van der Waals surface area contributed by atoms with Gasteiger partial charge in [0.25, 0.3) is 5.56 Å². The van der Waals surface area contributed by atoms with Gasteiger partial charge in [-0.25, -0.2) is 4.79 Å². The molecule has 0 saturated heterocycles. The van der Waals surface area contributed by atoms with Gasteiger partial charge in [0.15, 0.2) is 5.78 Å². The quantitative estimate of drug-likeness (QED) is 0.455. The summed E-state index contributed by atoms with van der Waals surface area (Å²) in [5.74, 6) is -1.47. The minimum absolute atomic E-state index is 0.0780. The van der Waals surface area contributed by atoms with Crippen LogP contribution in [0.5, 0.6) is 0 Å². The predicted molar refractivity (Wildman–Crippen MR) is 112 cm³/mol. The summed E-state index contributed by atoms with van der Waals surface area (Å²) in [4.78, 5) is 41.5. The number of hydrogen-bond acceptors (Lipinski definition) is 7. The summed E-state index contributed by atoms with van der Waals surface area (Å²) in [7, 11) is 0. The van der Waals surface area contributed by atoms with Crippen LogP contribution in [-0.2, 0) is 19.1 Å². The Balaban J connectivity index is 2.21. The molecule has 2 heterocycles. The first-order valence-electron chi connectivity index (χ1n) is 10.2. The number of rotatable bonds is 7. The zero-order valence-corrected chi connectivity index (χ0v) is 17.7. The fourth-order valence-corrected chi connectivity index (χ4v) is 4.14. The average Bonchev–Trinajstić information content (AvgIpc) is 2.66. The molecule has 1 atom stereocenters. The molecule has 2 aliphatic rings. The number of aromatic amines is 1. The van der Waals surface area contributed by atoms with Crippen molar-refractivity contribution in [1.29, 1.82) is 0 Å². The number of pyridine rings is 1. The Kier molecular flexibility index (Phi) is 6.58. The smallest absolute Gasteiger partial charge is 0.336 e. The lowest BCUT2D eigenvalue weighted by molar-refractivity contribution is -0.139. The van der Waals surface area contributed by atoms with Gasteiger partial charge in [0.2, 0.25) is 0 Å². The fourth-order valence-electron chi connectivity index (χ4n) is 4.14. The Morgan fingerprint density at radius 3 is 2.73 bits per heavy atom. The van der Waals surface area contributed by atoms with Crippen LogP contribution in [0.15, 0.2) is 45.7 Å². The van der Waals surface area contributed by atoms with Gasteiger partial charge >= 0.3 is 5.97 Å². The van der Waals surface area contributed by atoms with Crippen molar-refractivity contribution in [1.82, 2.24) is 10.3 Å². The van der Waals surface area contributed by atoms with Crippen molar-refractivity contribution in [3.8, 4) is 0 Å². The van der Waals surface area contributed by atoms with Crippen LogP contribution in [0.3, 0.4) is 0 Å².